The first-order chi connectivity index (χ1) is 13.7. The number of carbonyl (C=O) groups is 1. The molecule has 1 aliphatic carbocycles. The van der Waals surface area contributed by atoms with Gasteiger partial charge in [-0.2, -0.15) is 0 Å². The van der Waals surface area contributed by atoms with Crippen LogP contribution in [0.4, 0.5) is 0 Å². The molecule has 5 heteroatoms. The number of hydrogen-bond acceptors (Lipinski definition) is 3. The van der Waals surface area contributed by atoms with Gasteiger partial charge >= 0.3 is 0 Å². The molecule has 1 saturated heterocycles. The summed E-state index contributed by atoms with van der Waals surface area (Å²) in [6, 6.07) is 9.88. The Bertz CT molecular complexity index is 1150. The second-order valence-corrected chi connectivity index (χ2v) is 9.45. The number of aryl methyl sites for hydroxylation is 1. The molecule has 1 aliphatic heterocycles. The summed E-state index contributed by atoms with van der Waals surface area (Å²) in [5.74, 6) is 0.450. The standard InChI is InChI=1S/C24H27N3O2/c1-14-9-16-11-21-23(2,3)24(4,17(16)12-20(14)28)7-8-27(21)22(29)15-5-6-18-19(10-15)26-13-25-18/h5-6,9-10,12-13,21,28H,7-8,11H2,1-4H3,(H,25,26)/t21-,24+/m0/s1. The number of aromatic hydroxyl groups is 1. The number of aromatic amines is 1. The Morgan fingerprint density at radius 3 is 2.83 bits per heavy atom. The molecule has 1 fully saturated rings. The highest BCUT2D eigenvalue weighted by Gasteiger charge is 2.57. The zero-order chi connectivity index (χ0) is 20.6. The van der Waals surface area contributed by atoms with Crippen LogP contribution in [-0.2, 0) is 11.8 Å². The molecule has 3 aromatic rings. The van der Waals surface area contributed by atoms with E-state index >= 15 is 0 Å². The van der Waals surface area contributed by atoms with Crippen molar-refractivity contribution in [3.63, 3.8) is 0 Å². The largest absolute Gasteiger partial charge is 0.508 e. The van der Waals surface area contributed by atoms with E-state index < -0.39 is 0 Å². The molecule has 29 heavy (non-hydrogen) atoms. The van der Waals surface area contributed by atoms with E-state index in [0.717, 1.165) is 36.0 Å². The van der Waals surface area contributed by atoms with Crippen LogP contribution in [0.15, 0.2) is 36.7 Å². The van der Waals surface area contributed by atoms with E-state index in [9.17, 15) is 9.90 Å². The van der Waals surface area contributed by atoms with Crippen LogP contribution in [0.2, 0.25) is 0 Å². The Kier molecular flexibility index (Phi) is 3.67. The topological polar surface area (TPSA) is 69.2 Å². The molecule has 1 amide bonds. The second-order valence-electron chi connectivity index (χ2n) is 9.45. The average molecular weight is 389 g/mol. The minimum absolute atomic E-state index is 0.0828. The summed E-state index contributed by atoms with van der Waals surface area (Å²) in [6.07, 6.45) is 3.35. The number of benzene rings is 2. The molecular weight excluding hydrogens is 362 g/mol. The number of rotatable bonds is 1. The van der Waals surface area contributed by atoms with Crippen LogP contribution in [0.3, 0.4) is 0 Å². The first kappa shape index (κ1) is 18.2. The highest BCUT2D eigenvalue weighted by Crippen LogP contribution is 2.56. The van der Waals surface area contributed by atoms with Crippen molar-refractivity contribution in [3.05, 3.63) is 58.9 Å². The average Bonchev–Trinajstić information content (AvgIpc) is 3.14. The second kappa shape index (κ2) is 5.85. The molecule has 0 unspecified atom stereocenters. The summed E-state index contributed by atoms with van der Waals surface area (Å²) >= 11 is 0. The van der Waals surface area contributed by atoms with Crippen LogP contribution in [0.1, 0.15) is 54.2 Å². The van der Waals surface area contributed by atoms with Crippen LogP contribution in [-0.4, -0.2) is 38.5 Å². The third kappa shape index (κ3) is 2.39. The lowest BCUT2D eigenvalue weighted by Gasteiger charge is -2.60. The van der Waals surface area contributed by atoms with Crippen molar-refractivity contribution < 1.29 is 9.90 Å². The predicted molar refractivity (Wildman–Crippen MR) is 113 cm³/mol. The van der Waals surface area contributed by atoms with E-state index in [0.29, 0.717) is 11.3 Å². The van der Waals surface area contributed by atoms with E-state index in [-0.39, 0.29) is 22.8 Å². The quantitative estimate of drug-likeness (QED) is 0.651. The summed E-state index contributed by atoms with van der Waals surface area (Å²) in [5.41, 5.74) is 5.67. The molecular formula is C24H27N3O2. The number of hydrogen-bond donors (Lipinski definition) is 2. The molecule has 2 bridgehead atoms. The van der Waals surface area contributed by atoms with Crippen molar-refractivity contribution in [2.24, 2.45) is 5.41 Å². The van der Waals surface area contributed by atoms with E-state index in [1.54, 1.807) is 6.33 Å². The number of fused-ring (bicyclic) bond motifs is 5. The third-order valence-electron chi connectivity index (χ3n) is 7.84. The minimum atomic E-state index is -0.103. The fraction of sp³-hybridized carbons (Fsp3) is 0.417. The van der Waals surface area contributed by atoms with Gasteiger partial charge < -0.3 is 15.0 Å². The van der Waals surface area contributed by atoms with E-state index in [1.807, 2.05) is 31.2 Å². The summed E-state index contributed by atoms with van der Waals surface area (Å²) in [4.78, 5) is 23.0. The summed E-state index contributed by atoms with van der Waals surface area (Å²) < 4.78 is 0. The number of nitrogens with zero attached hydrogens (tertiary/aromatic N) is 2. The highest BCUT2D eigenvalue weighted by atomic mass is 16.3. The molecule has 0 spiro atoms. The first-order valence-electron chi connectivity index (χ1n) is 10.3. The number of piperidine rings is 1. The highest BCUT2D eigenvalue weighted by molar-refractivity contribution is 5.97. The molecule has 1 aromatic heterocycles. The third-order valence-corrected chi connectivity index (χ3v) is 7.84. The SMILES string of the molecule is Cc1cc2c(cc1O)[C@@]1(C)CCN(C(=O)c3ccc4nc[nH]c4c3)[C@@H](C2)C1(C)C. The smallest absolute Gasteiger partial charge is 0.254 e. The number of likely N-dealkylation sites (tertiary alicyclic amines) is 1. The zero-order valence-electron chi connectivity index (χ0n) is 17.4. The number of H-pyrrole nitrogens is 1. The van der Waals surface area contributed by atoms with E-state index in [4.69, 9.17) is 0 Å². The van der Waals surface area contributed by atoms with Crippen LogP contribution in [0, 0.1) is 12.3 Å². The van der Waals surface area contributed by atoms with Gasteiger partial charge in [0.2, 0.25) is 0 Å². The van der Waals surface area contributed by atoms with E-state index in [2.05, 4.69) is 41.7 Å². The Morgan fingerprint density at radius 2 is 2.03 bits per heavy atom. The minimum Gasteiger partial charge on any atom is -0.508 e. The van der Waals surface area contributed by atoms with Gasteiger partial charge in [-0.3, -0.25) is 4.79 Å². The van der Waals surface area contributed by atoms with Crippen LogP contribution < -0.4 is 0 Å². The van der Waals surface area contributed by atoms with Gasteiger partial charge in [-0.15, -0.1) is 0 Å². The molecule has 5 rings (SSSR count). The van der Waals surface area contributed by atoms with E-state index in [1.165, 1.54) is 11.1 Å². The molecule has 5 nitrogen and oxygen atoms in total. The Balaban J connectivity index is 1.58. The van der Waals surface area contributed by atoms with Gasteiger partial charge in [0.15, 0.2) is 0 Å². The van der Waals surface area contributed by atoms with Crippen LogP contribution >= 0.6 is 0 Å². The van der Waals surface area contributed by atoms with Crippen molar-refractivity contribution >= 4 is 16.9 Å². The van der Waals surface area contributed by atoms with Crippen LogP contribution in [0.25, 0.3) is 11.0 Å². The van der Waals surface area contributed by atoms with Crippen molar-refractivity contribution in [1.29, 1.82) is 0 Å². The molecule has 2 N–H and O–H groups in total. The number of phenols is 1. The van der Waals surface area contributed by atoms with Gasteiger partial charge in [0.25, 0.3) is 5.91 Å². The molecule has 2 aromatic carbocycles. The zero-order valence-corrected chi connectivity index (χ0v) is 17.4. The summed E-state index contributed by atoms with van der Waals surface area (Å²) in [6.45, 7) is 9.50. The Labute approximate surface area is 170 Å². The van der Waals surface area contributed by atoms with Crippen LogP contribution in [0.5, 0.6) is 5.75 Å². The number of phenolic OH excluding ortho intramolecular Hbond substituents is 1. The number of amides is 1. The molecule has 2 aliphatic rings. The van der Waals surface area contributed by atoms with Gasteiger partial charge in [0.05, 0.1) is 17.4 Å². The monoisotopic (exact) mass is 389 g/mol. The first-order valence-corrected chi connectivity index (χ1v) is 10.3. The maximum atomic E-state index is 13.5. The number of nitrogens with one attached hydrogen (secondary N) is 1. The molecule has 2 heterocycles. The van der Waals surface area contributed by atoms with Crippen molar-refractivity contribution in [3.8, 4) is 5.75 Å². The number of carbonyl (C=O) groups excluding carboxylic acids is 1. The fourth-order valence-corrected chi connectivity index (χ4v) is 5.55. The maximum absolute atomic E-state index is 13.5. The molecule has 150 valence electrons. The number of aromatic nitrogens is 2. The molecule has 2 atom stereocenters. The van der Waals surface area contributed by atoms with Gasteiger partial charge in [0.1, 0.15) is 5.75 Å². The summed E-state index contributed by atoms with van der Waals surface area (Å²) in [7, 11) is 0. The molecule has 0 radical (unpaired) electrons. The van der Waals surface area contributed by atoms with Gasteiger partial charge in [-0.25, -0.2) is 4.98 Å². The maximum Gasteiger partial charge on any atom is 0.254 e. The number of imidazole rings is 1. The Morgan fingerprint density at radius 1 is 1.24 bits per heavy atom. The normalized spacial score (nSPS) is 25.1. The van der Waals surface area contributed by atoms with Crippen molar-refractivity contribution in [2.75, 3.05) is 6.54 Å². The molecule has 0 saturated carbocycles. The predicted octanol–water partition coefficient (Wildman–Crippen LogP) is 4.33. The van der Waals surface area contributed by atoms with Gasteiger partial charge in [0, 0.05) is 23.6 Å². The van der Waals surface area contributed by atoms with Crippen molar-refractivity contribution in [2.45, 2.75) is 52.0 Å². The fourth-order valence-electron chi connectivity index (χ4n) is 5.55. The lowest BCUT2D eigenvalue weighted by Crippen LogP contribution is -2.64. The summed E-state index contributed by atoms with van der Waals surface area (Å²) in [5, 5.41) is 10.3. The van der Waals surface area contributed by atoms with Crippen molar-refractivity contribution in [1.82, 2.24) is 14.9 Å². The Hall–Kier alpha value is -2.82. The lowest BCUT2D eigenvalue weighted by molar-refractivity contribution is -0.0263. The van der Waals surface area contributed by atoms with Gasteiger partial charge in [-0.1, -0.05) is 26.8 Å². The van der Waals surface area contributed by atoms with Gasteiger partial charge in [-0.05, 0) is 66.1 Å². The lowest BCUT2D eigenvalue weighted by atomic mass is 9.51.